The Morgan fingerprint density at radius 3 is 2.44 bits per heavy atom. The number of ether oxygens (including phenoxy) is 1. The van der Waals surface area contributed by atoms with Gasteiger partial charge < -0.3 is 14.7 Å². The molecule has 0 bridgehead atoms. The Labute approximate surface area is 108 Å². The first kappa shape index (κ1) is 15.0. The lowest BCUT2D eigenvalue weighted by atomic mass is 9.94. The van der Waals surface area contributed by atoms with E-state index in [0.717, 1.165) is 0 Å². The summed E-state index contributed by atoms with van der Waals surface area (Å²) in [6.07, 6.45) is -0.651. The van der Waals surface area contributed by atoms with Gasteiger partial charge in [0, 0.05) is 13.0 Å². The lowest BCUT2D eigenvalue weighted by molar-refractivity contribution is -0.166. The summed E-state index contributed by atoms with van der Waals surface area (Å²) in [5, 5.41) is 8.96. The van der Waals surface area contributed by atoms with Crippen LogP contribution in [0.2, 0.25) is 0 Å². The van der Waals surface area contributed by atoms with Crippen molar-refractivity contribution in [1.29, 1.82) is 0 Å². The summed E-state index contributed by atoms with van der Waals surface area (Å²) in [7, 11) is 0. The molecule has 1 saturated heterocycles. The second-order valence-corrected chi connectivity index (χ2v) is 5.50. The molecule has 0 saturated carbocycles. The van der Waals surface area contributed by atoms with Crippen LogP contribution in [-0.2, 0) is 14.3 Å². The Morgan fingerprint density at radius 1 is 1.33 bits per heavy atom. The molecule has 0 radical (unpaired) electrons. The zero-order valence-electron chi connectivity index (χ0n) is 11.5. The number of rotatable bonds is 4. The van der Waals surface area contributed by atoms with Gasteiger partial charge in [-0.15, -0.1) is 0 Å². The molecule has 0 aromatic heterocycles. The number of aliphatic carboxylic acids is 1. The maximum absolute atomic E-state index is 12.1. The van der Waals surface area contributed by atoms with E-state index in [0.29, 0.717) is 24.8 Å². The van der Waals surface area contributed by atoms with Crippen LogP contribution in [0.5, 0.6) is 0 Å². The summed E-state index contributed by atoms with van der Waals surface area (Å²) < 4.78 is 5.29. The fraction of sp³-hybridized carbons (Fsp3) is 0.846. The van der Waals surface area contributed by atoms with Crippen molar-refractivity contribution >= 4 is 11.9 Å². The zero-order valence-corrected chi connectivity index (χ0v) is 11.5. The molecule has 1 aliphatic heterocycles. The molecule has 104 valence electrons. The summed E-state index contributed by atoms with van der Waals surface area (Å²) in [6.45, 7) is 8.64. The van der Waals surface area contributed by atoms with Gasteiger partial charge in [-0.05, 0) is 18.8 Å². The predicted molar refractivity (Wildman–Crippen MR) is 67.2 cm³/mol. The highest BCUT2D eigenvalue weighted by Gasteiger charge is 2.32. The van der Waals surface area contributed by atoms with Crippen LogP contribution in [0.1, 0.15) is 34.1 Å². The van der Waals surface area contributed by atoms with E-state index < -0.39 is 12.1 Å². The molecule has 0 aliphatic carbocycles. The number of hydrogen-bond acceptors (Lipinski definition) is 3. The topological polar surface area (TPSA) is 66.8 Å². The number of morpholine rings is 1. The van der Waals surface area contributed by atoms with Gasteiger partial charge in [0.25, 0.3) is 0 Å². The minimum absolute atomic E-state index is 0.0256. The third-order valence-corrected chi connectivity index (χ3v) is 3.52. The van der Waals surface area contributed by atoms with Crippen LogP contribution >= 0.6 is 0 Å². The first-order valence-corrected chi connectivity index (χ1v) is 6.47. The van der Waals surface area contributed by atoms with E-state index in [1.54, 1.807) is 11.8 Å². The van der Waals surface area contributed by atoms with Crippen molar-refractivity contribution in [1.82, 2.24) is 4.90 Å². The van der Waals surface area contributed by atoms with E-state index in [1.807, 2.05) is 6.92 Å². The van der Waals surface area contributed by atoms with Crippen molar-refractivity contribution in [3.05, 3.63) is 0 Å². The van der Waals surface area contributed by atoms with E-state index >= 15 is 0 Å². The molecule has 3 atom stereocenters. The molecule has 0 aromatic rings. The number of nitrogens with zero attached hydrogens (tertiary/aromatic N) is 1. The Balaban J connectivity index is 2.59. The minimum Gasteiger partial charge on any atom is -0.479 e. The van der Waals surface area contributed by atoms with Gasteiger partial charge in [-0.2, -0.15) is 0 Å². The molecule has 5 nitrogen and oxygen atoms in total. The molecular formula is C13H23NO4. The fourth-order valence-electron chi connectivity index (χ4n) is 1.93. The first-order chi connectivity index (χ1) is 8.31. The van der Waals surface area contributed by atoms with E-state index in [2.05, 4.69) is 13.8 Å². The smallest absolute Gasteiger partial charge is 0.334 e. The number of amides is 1. The average molecular weight is 257 g/mol. The minimum atomic E-state index is -1.00. The molecule has 1 aliphatic rings. The Bertz CT molecular complexity index is 316. The predicted octanol–water partition coefficient (Wildman–Crippen LogP) is 1.37. The second kappa shape index (κ2) is 6.18. The zero-order chi connectivity index (χ0) is 13.9. The molecule has 2 unspecified atom stereocenters. The van der Waals surface area contributed by atoms with Crippen LogP contribution in [0.25, 0.3) is 0 Å². The molecule has 0 spiro atoms. The fourth-order valence-corrected chi connectivity index (χ4v) is 1.93. The van der Waals surface area contributed by atoms with Gasteiger partial charge in [-0.25, -0.2) is 4.79 Å². The van der Waals surface area contributed by atoms with Crippen LogP contribution in [0, 0.1) is 11.8 Å². The van der Waals surface area contributed by atoms with Crippen molar-refractivity contribution in [3.8, 4) is 0 Å². The van der Waals surface area contributed by atoms with Gasteiger partial charge in [0.05, 0.1) is 12.6 Å². The first-order valence-electron chi connectivity index (χ1n) is 6.47. The molecule has 0 aromatic carbocycles. The Kier molecular flexibility index (Phi) is 5.14. The van der Waals surface area contributed by atoms with Crippen LogP contribution in [0.15, 0.2) is 0 Å². The van der Waals surface area contributed by atoms with Gasteiger partial charge >= 0.3 is 5.97 Å². The van der Waals surface area contributed by atoms with Gasteiger partial charge in [-0.3, -0.25) is 4.79 Å². The molecule has 18 heavy (non-hydrogen) atoms. The lowest BCUT2D eigenvalue weighted by Gasteiger charge is -2.35. The summed E-state index contributed by atoms with van der Waals surface area (Å²) in [5.41, 5.74) is 0. The van der Waals surface area contributed by atoms with Crippen LogP contribution < -0.4 is 0 Å². The SMILES string of the molecule is CC(C)C(C)CC(=O)N1CC(C(=O)O)O[C@H](C)C1. The third kappa shape index (κ3) is 3.98. The molecule has 1 heterocycles. The second-order valence-electron chi connectivity index (χ2n) is 5.50. The number of carboxylic acids is 1. The van der Waals surface area contributed by atoms with E-state index in [9.17, 15) is 9.59 Å². The molecule has 1 fully saturated rings. The highest BCUT2D eigenvalue weighted by atomic mass is 16.5. The number of carboxylic acid groups (broad SMARTS) is 1. The van der Waals surface area contributed by atoms with Crippen molar-refractivity contribution in [2.24, 2.45) is 11.8 Å². The highest BCUT2D eigenvalue weighted by molar-refractivity contribution is 5.79. The van der Waals surface area contributed by atoms with Gasteiger partial charge in [0.1, 0.15) is 0 Å². The Hall–Kier alpha value is -1.10. The van der Waals surface area contributed by atoms with Gasteiger partial charge in [0.2, 0.25) is 5.91 Å². The van der Waals surface area contributed by atoms with Crippen molar-refractivity contribution in [2.45, 2.75) is 46.3 Å². The number of carbonyl (C=O) groups is 2. The van der Waals surface area contributed by atoms with Crippen molar-refractivity contribution in [3.63, 3.8) is 0 Å². The number of hydrogen-bond donors (Lipinski definition) is 1. The van der Waals surface area contributed by atoms with E-state index in [1.165, 1.54) is 0 Å². The molecule has 1 amide bonds. The maximum atomic E-state index is 12.1. The van der Waals surface area contributed by atoms with Crippen molar-refractivity contribution < 1.29 is 19.4 Å². The van der Waals surface area contributed by atoms with Gasteiger partial charge in [0.15, 0.2) is 6.10 Å². The summed E-state index contributed by atoms with van der Waals surface area (Å²) >= 11 is 0. The normalized spacial score (nSPS) is 26.2. The van der Waals surface area contributed by atoms with Crippen LogP contribution in [0.3, 0.4) is 0 Å². The quantitative estimate of drug-likeness (QED) is 0.826. The van der Waals surface area contributed by atoms with Crippen LogP contribution in [0.4, 0.5) is 0 Å². The number of carbonyl (C=O) groups excluding carboxylic acids is 1. The largest absolute Gasteiger partial charge is 0.479 e. The molecule has 1 N–H and O–H groups in total. The Morgan fingerprint density at radius 2 is 1.94 bits per heavy atom. The van der Waals surface area contributed by atoms with Crippen LogP contribution in [-0.4, -0.2) is 47.2 Å². The lowest BCUT2D eigenvalue weighted by Crippen LogP contribution is -2.52. The highest BCUT2D eigenvalue weighted by Crippen LogP contribution is 2.18. The molecular weight excluding hydrogens is 234 g/mol. The van der Waals surface area contributed by atoms with E-state index in [4.69, 9.17) is 9.84 Å². The summed E-state index contributed by atoms with van der Waals surface area (Å²) in [4.78, 5) is 24.7. The standard InChI is InChI=1S/C13H23NO4/c1-8(2)9(3)5-12(15)14-6-10(4)18-11(7-14)13(16)17/h8-11H,5-7H2,1-4H3,(H,16,17)/t9?,10-,11?/m1/s1. The average Bonchev–Trinajstić information content (AvgIpc) is 2.27. The maximum Gasteiger partial charge on any atom is 0.334 e. The van der Waals surface area contributed by atoms with Crippen molar-refractivity contribution in [2.75, 3.05) is 13.1 Å². The van der Waals surface area contributed by atoms with Gasteiger partial charge in [-0.1, -0.05) is 20.8 Å². The molecule has 1 rings (SSSR count). The summed E-state index contributed by atoms with van der Waals surface area (Å²) in [6, 6.07) is 0. The third-order valence-electron chi connectivity index (χ3n) is 3.52. The summed E-state index contributed by atoms with van der Waals surface area (Å²) in [5.74, 6) is -0.226. The monoisotopic (exact) mass is 257 g/mol. The molecule has 5 heteroatoms. The van der Waals surface area contributed by atoms with E-state index in [-0.39, 0.29) is 18.6 Å².